The van der Waals surface area contributed by atoms with Crippen molar-refractivity contribution < 1.29 is 4.52 Å². The number of nitrogens with one attached hydrogen (secondary N) is 1. The quantitative estimate of drug-likeness (QED) is 0.813. The number of aromatic nitrogens is 3. The molecule has 0 aliphatic carbocycles. The molecule has 0 aromatic carbocycles. The van der Waals surface area contributed by atoms with Gasteiger partial charge in [-0.3, -0.25) is 0 Å². The standard InChI is InChI=1S/C9H6ClN5O/c10-7-1-6(3-11)2-8(14-7)12-4-9-13-5-16-15-9/h1-2,5H,4H2,(H,12,14). The number of nitrogens with zero attached hydrogens (tertiary/aromatic N) is 4. The van der Waals surface area contributed by atoms with Crippen molar-refractivity contribution in [1.82, 2.24) is 15.1 Å². The number of hydrogen-bond acceptors (Lipinski definition) is 6. The van der Waals surface area contributed by atoms with Crippen LogP contribution in [0.2, 0.25) is 5.15 Å². The fraction of sp³-hybridized carbons (Fsp3) is 0.111. The first kappa shape index (κ1) is 10.4. The van der Waals surface area contributed by atoms with Gasteiger partial charge in [0.25, 0.3) is 0 Å². The summed E-state index contributed by atoms with van der Waals surface area (Å²) < 4.78 is 4.57. The summed E-state index contributed by atoms with van der Waals surface area (Å²) in [6, 6.07) is 5.06. The number of pyridine rings is 1. The lowest BCUT2D eigenvalue weighted by molar-refractivity contribution is 0.411. The Balaban J connectivity index is 2.10. The summed E-state index contributed by atoms with van der Waals surface area (Å²) >= 11 is 5.74. The molecule has 0 saturated carbocycles. The van der Waals surface area contributed by atoms with E-state index >= 15 is 0 Å². The van der Waals surface area contributed by atoms with Crippen LogP contribution in [0.3, 0.4) is 0 Å². The topological polar surface area (TPSA) is 87.6 Å². The van der Waals surface area contributed by atoms with Crippen molar-refractivity contribution in [2.75, 3.05) is 5.32 Å². The van der Waals surface area contributed by atoms with Crippen LogP contribution in [0, 0.1) is 11.3 Å². The molecule has 2 rings (SSSR count). The predicted molar refractivity (Wildman–Crippen MR) is 55.6 cm³/mol. The molecule has 80 valence electrons. The molecule has 0 bridgehead atoms. The fourth-order valence-electron chi connectivity index (χ4n) is 1.09. The molecule has 1 N–H and O–H groups in total. The average molecular weight is 236 g/mol. The summed E-state index contributed by atoms with van der Waals surface area (Å²) in [6.45, 7) is 0.356. The molecule has 2 heterocycles. The molecule has 6 nitrogen and oxygen atoms in total. The van der Waals surface area contributed by atoms with Crippen LogP contribution in [0.4, 0.5) is 5.82 Å². The molecular formula is C9H6ClN5O. The largest absolute Gasteiger partial charge is 0.363 e. The van der Waals surface area contributed by atoms with Crippen LogP contribution in [-0.2, 0) is 6.54 Å². The Kier molecular flexibility index (Phi) is 2.98. The molecule has 0 amide bonds. The Hall–Kier alpha value is -2.13. The number of nitriles is 1. The second kappa shape index (κ2) is 4.59. The summed E-state index contributed by atoms with van der Waals surface area (Å²) in [4.78, 5) is 7.83. The maximum atomic E-state index is 8.73. The maximum absolute atomic E-state index is 8.73. The Bertz CT molecular complexity index is 519. The highest BCUT2D eigenvalue weighted by molar-refractivity contribution is 6.29. The molecule has 0 aliphatic rings. The van der Waals surface area contributed by atoms with Gasteiger partial charge in [0.05, 0.1) is 18.2 Å². The van der Waals surface area contributed by atoms with Crippen LogP contribution >= 0.6 is 11.6 Å². The highest BCUT2D eigenvalue weighted by atomic mass is 35.5. The molecule has 0 radical (unpaired) electrons. The van der Waals surface area contributed by atoms with Gasteiger partial charge in [0.2, 0.25) is 6.39 Å². The van der Waals surface area contributed by atoms with Gasteiger partial charge in [-0.2, -0.15) is 10.2 Å². The van der Waals surface area contributed by atoms with Gasteiger partial charge in [0.1, 0.15) is 11.0 Å². The van der Waals surface area contributed by atoms with Gasteiger partial charge in [-0.05, 0) is 12.1 Å². The Morgan fingerprint density at radius 1 is 1.50 bits per heavy atom. The van der Waals surface area contributed by atoms with Gasteiger partial charge in [-0.1, -0.05) is 16.8 Å². The summed E-state index contributed by atoms with van der Waals surface area (Å²) in [6.07, 6.45) is 1.24. The van der Waals surface area contributed by atoms with Crippen LogP contribution in [0.15, 0.2) is 23.0 Å². The first-order valence-corrected chi connectivity index (χ1v) is 4.72. The Morgan fingerprint density at radius 2 is 2.38 bits per heavy atom. The van der Waals surface area contributed by atoms with E-state index in [1.807, 2.05) is 6.07 Å². The van der Waals surface area contributed by atoms with Gasteiger partial charge in [0, 0.05) is 0 Å². The van der Waals surface area contributed by atoms with Crippen molar-refractivity contribution in [3.05, 3.63) is 35.1 Å². The fourth-order valence-corrected chi connectivity index (χ4v) is 1.30. The van der Waals surface area contributed by atoms with Crippen molar-refractivity contribution in [3.63, 3.8) is 0 Å². The van der Waals surface area contributed by atoms with Gasteiger partial charge in [0.15, 0.2) is 5.82 Å². The van der Waals surface area contributed by atoms with Crippen LogP contribution in [0.25, 0.3) is 0 Å². The molecule has 0 unspecified atom stereocenters. The average Bonchev–Trinajstić information content (AvgIpc) is 2.78. The van der Waals surface area contributed by atoms with E-state index in [1.54, 1.807) is 6.07 Å². The summed E-state index contributed by atoms with van der Waals surface area (Å²) in [5.74, 6) is 0.995. The van der Waals surface area contributed by atoms with E-state index in [-0.39, 0.29) is 5.15 Å². The van der Waals surface area contributed by atoms with Crippen molar-refractivity contribution in [3.8, 4) is 6.07 Å². The molecular weight excluding hydrogens is 230 g/mol. The van der Waals surface area contributed by atoms with E-state index in [1.165, 1.54) is 12.5 Å². The normalized spacial score (nSPS) is 9.75. The van der Waals surface area contributed by atoms with Gasteiger partial charge in [-0.15, -0.1) is 0 Å². The highest BCUT2D eigenvalue weighted by Gasteiger charge is 2.02. The van der Waals surface area contributed by atoms with E-state index in [0.717, 1.165) is 0 Å². The zero-order valence-electron chi connectivity index (χ0n) is 8.01. The van der Waals surface area contributed by atoms with Gasteiger partial charge < -0.3 is 9.84 Å². The molecule has 7 heteroatoms. The maximum Gasteiger partial charge on any atom is 0.213 e. The SMILES string of the molecule is N#Cc1cc(Cl)nc(NCc2ncon2)c1. The molecule has 0 fully saturated rings. The van der Waals surface area contributed by atoms with Crippen LogP contribution in [0.1, 0.15) is 11.4 Å². The van der Waals surface area contributed by atoms with E-state index in [0.29, 0.717) is 23.8 Å². The molecule has 16 heavy (non-hydrogen) atoms. The second-order valence-electron chi connectivity index (χ2n) is 2.88. The third kappa shape index (κ3) is 2.46. The van der Waals surface area contributed by atoms with Crippen LogP contribution in [0.5, 0.6) is 0 Å². The monoisotopic (exact) mass is 235 g/mol. The minimum absolute atomic E-state index is 0.259. The number of rotatable bonds is 3. The third-order valence-corrected chi connectivity index (χ3v) is 1.95. The van der Waals surface area contributed by atoms with E-state index in [9.17, 15) is 0 Å². The molecule has 2 aromatic rings. The van der Waals surface area contributed by atoms with E-state index in [4.69, 9.17) is 16.9 Å². The lowest BCUT2D eigenvalue weighted by Crippen LogP contribution is -2.03. The van der Waals surface area contributed by atoms with Crippen molar-refractivity contribution >= 4 is 17.4 Å². The molecule has 0 atom stereocenters. The minimum atomic E-state index is 0.259. The molecule has 2 aromatic heterocycles. The molecule has 0 spiro atoms. The van der Waals surface area contributed by atoms with Gasteiger partial charge in [-0.25, -0.2) is 4.98 Å². The first-order chi connectivity index (χ1) is 7.78. The zero-order chi connectivity index (χ0) is 11.4. The van der Waals surface area contributed by atoms with Gasteiger partial charge >= 0.3 is 0 Å². The number of halogens is 1. The van der Waals surface area contributed by atoms with Crippen molar-refractivity contribution in [2.24, 2.45) is 0 Å². The smallest absolute Gasteiger partial charge is 0.213 e. The third-order valence-electron chi connectivity index (χ3n) is 1.76. The summed E-state index contributed by atoms with van der Waals surface area (Å²) in [5, 5.41) is 15.5. The lowest BCUT2D eigenvalue weighted by atomic mass is 10.3. The lowest BCUT2D eigenvalue weighted by Gasteiger charge is -2.03. The van der Waals surface area contributed by atoms with Crippen molar-refractivity contribution in [2.45, 2.75) is 6.54 Å². The van der Waals surface area contributed by atoms with Crippen molar-refractivity contribution in [1.29, 1.82) is 5.26 Å². The number of anilines is 1. The second-order valence-corrected chi connectivity index (χ2v) is 3.26. The highest BCUT2D eigenvalue weighted by Crippen LogP contribution is 2.14. The first-order valence-electron chi connectivity index (χ1n) is 4.35. The summed E-state index contributed by atoms with van der Waals surface area (Å²) in [5.41, 5.74) is 0.440. The minimum Gasteiger partial charge on any atom is -0.363 e. The predicted octanol–water partition coefficient (Wildman–Crippen LogP) is 1.60. The Labute approximate surface area is 95.9 Å². The van der Waals surface area contributed by atoms with E-state index in [2.05, 4.69) is 25.0 Å². The summed E-state index contributed by atoms with van der Waals surface area (Å²) in [7, 11) is 0. The zero-order valence-corrected chi connectivity index (χ0v) is 8.77. The Morgan fingerprint density at radius 3 is 3.06 bits per heavy atom. The molecule has 0 aliphatic heterocycles. The van der Waals surface area contributed by atoms with Crippen LogP contribution < -0.4 is 5.32 Å². The van der Waals surface area contributed by atoms with Crippen LogP contribution in [-0.4, -0.2) is 15.1 Å². The number of hydrogen-bond donors (Lipinski definition) is 1. The molecule has 0 saturated heterocycles. The van der Waals surface area contributed by atoms with E-state index < -0.39 is 0 Å².